The van der Waals surface area contributed by atoms with Crippen molar-refractivity contribution in [3.8, 4) is 56.4 Å². The molecule has 0 N–H and O–H groups in total. The molecule has 0 aliphatic rings. The van der Waals surface area contributed by atoms with E-state index in [0.717, 1.165) is 49.8 Å². The summed E-state index contributed by atoms with van der Waals surface area (Å²) in [6, 6.07) is 56.9. The Morgan fingerprint density at radius 1 is 0.360 bits per heavy atom. The fraction of sp³-hybridized carbons (Fsp3) is 0. The first-order chi connectivity index (χ1) is 24.7. The molecule has 3 heterocycles. The fourth-order valence-electron chi connectivity index (χ4n) is 6.87. The van der Waals surface area contributed by atoms with E-state index in [1.54, 1.807) is 11.3 Å². The summed E-state index contributed by atoms with van der Waals surface area (Å²) in [6.45, 7) is 0. The molecule has 0 fully saturated rings. The van der Waals surface area contributed by atoms with Crippen LogP contribution in [0.2, 0.25) is 0 Å². The van der Waals surface area contributed by atoms with Crippen molar-refractivity contribution >= 4 is 53.4 Å². The van der Waals surface area contributed by atoms with Gasteiger partial charge in [0.05, 0.1) is 0 Å². The summed E-state index contributed by atoms with van der Waals surface area (Å²) in [5.74, 6) is 1.98. The van der Waals surface area contributed by atoms with Crippen LogP contribution < -0.4 is 0 Å². The van der Waals surface area contributed by atoms with Crippen LogP contribution in [0.25, 0.3) is 98.5 Å². The van der Waals surface area contributed by atoms with Crippen molar-refractivity contribution in [2.75, 3.05) is 0 Å². The topological polar surface area (TPSA) is 51.8 Å². The smallest absolute Gasteiger partial charge is 0.164 e. The van der Waals surface area contributed by atoms with Crippen LogP contribution in [0.1, 0.15) is 0 Å². The molecule has 0 saturated carbocycles. The van der Waals surface area contributed by atoms with Gasteiger partial charge in [0.15, 0.2) is 17.5 Å². The van der Waals surface area contributed by atoms with Crippen LogP contribution in [-0.2, 0) is 0 Å². The van der Waals surface area contributed by atoms with Crippen molar-refractivity contribution < 1.29 is 4.42 Å². The second-order valence-corrected chi connectivity index (χ2v) is 13.5. The van der Waals surface area contributed by atoms with E-state index in [0.29, 0.717) is 17.5 Å². The average Bonchev–Trinajstić information content (AvgIpc) is 3.76. The molecule has 7 aromatic carbocycles. The number of aromatic nitrogens is 3. The van der Waals surface area contributed by atoms with Crippen molar-refractivity contribution in [3.63, 3.8) is 0 Å². The Morgan fingerprint density at radius 2 is 0.960 bits per heavy atom. The van der Waals surface area contributed by atoms with E-state index in [2.05, 4.69) is 91.0 Å². The molecule has 4 nitrogen and oxygen atoms in total. The number of nitrogens with zero attached hydrogens (tertiary/aromatic N) is 3. The van der Waals surface area contributed by atoms with Gasteiger partial charge >= 0.3 is 0 Å². The molecule has 0 aliphatic carbocycles. The summed E-state index contributed by atoms with van der Waals surface area (Å²) in [6.07, 6.45) is 0. The zero-order chi connectivity index (χ0) is 33.0. The van der Waals surface area contributed by atoms with Gasteiger partial charge in [-0.3, -0.25) is 0 Å². The molecule has 3 aromatic heterocycles. The quantitative estimate of drug-likeness (QED) is 0.185. The number of hydrogen-bond acceptors (Lipinski definition) is 5. The van der Waals surface area contributed by atoms with Crippen LogP contribution in [0, 0.1) is 0 Å². The van der Waals surface area contributed by atoms with E-state index < -0.39 is 0 Å². The second kappa shape index (κ2) is 11.6. The van der Waals surface area contributed by atoms with Gasteiger partial charge in [0.1, 0.15) is 11.2 Å². The standard InChI is InChI=1S/C45H27N3OS/c1-3-11-28(12-4-1)43-46-44(29-13-5-2-6-14-29)48-45(47-43)33-21-23-36-38-26-31(22-24-40(38)50-41(36)27-33)30-15-9-16-32(25-30)34-18-10-19-37-35-17-7-8-20-39(35)49-42(34)37/h1-27H. The molecule has 0 unspecified atom stereocenters. The van der Waals surface area contributed by atoms with Crippen LogP contribution in [0.15, 0.2) is 168 Å². The Hall–Kier alpha value is -6.43. The molecule has 10 aromatic rings. The molecule has 5 heteroatoms. The van der Waals surface area contributed by atoms with Crippen LogP contribution in [0.5, 0.6) is 0 Å². The third kappa shape index (κ3) is 4.87. The molecule has 0 atom stereocenters. The summed E-state index contributed by atoms with van der Waals surface area (Å²) in [7, 11) is 0. The number of fused-ring (bicyclic) bond motifs is 6. The minimum Gasteiger partial charge on any atom is -0.455 e. The van der Waals surface area contributed by atoms with Crippen molar-refractivity contribution in [2.24, 2.45) is 0 Å². The Balaban J connectivity index is 1.05. The lowest BCUT2D eigenvalue weighted by molar-refractivity contribution is 0.670. The minimum absolute atomic E-state index is 0.661. The Labute approximate surface area is 292 Å². The number of hydrogen-bond donors (Lipinski definition) is 0. The normalized spacial score (nSPS) is 11.6. The molecule has 0 amide bonds. The van der Waals surface area contributed by atoms with Gasteiger partial charge in [0.25, 0.3) is 0 Å². The molecule has 234 valence electrons. The van der Waals surface area contributed by atoms with Crippen LogP contribution in [0.3, 0.4) is 0 Å². The van der Waals surface area contributed by atoms with Gasteiger partial charge in [0.2, 0.25) is 0 Å². The molecule has 0 aliphatic heterocycles. The first kappa shape index (κ1) is 28.6. The van der Waals surface area contributed by atoms with Gasteiger partial charge in [-0.15, -0.1) is 11.3 Å². The summed E-state index contributed by atoms with van der Waals surface area (Å²) < 4.78 is 8.81. The third-order valence-corrected chi connectivity index (χ3v) is 10.5. The lowest BCUT2D eigenvalue weighted by Crippen LogP contribution is -1.99. The molecule has 0 saturated heterocycles. The largest absolute Gasteiger partial charge is 0.455 e. The van der Waals surface area contributed by atoms with Gasteiger partial charge in [-0.1, -0.05) is 133 Å². The number of furan rings is 1. The number of para-hydroxylation sites is 2. The van der Waals surface area contributed by atoms with E-state index in [-0.39, 0.29) is 0 Å². The lowest BCUT2D eigenvalue weighted by Gasteiger charge is -2.08. The second-order valence-electron chi connectivity index (χ2n) is 12.4. The summed E-state index contributed by atoms with van der Waals surface area (Å²) >= 11 is 1.80. The van der Waals surface area contributed by atoms with Crippen molar-refractivity contribution in [3.05, 3.63) is 164 Å². The Bertz CT molecular complexity index is 2820. The molecule has 0 bridgehead atoms. The van der Waals surface area contributed by atoms with Crippen molar-refractivity contribution in [2.45, 2.75) is 0 Å². The van der Waals surface area contributed by atoms with Gasteiger partial charge in [-0.2, -0.15) is 0 Å². The van der Waals surface area contributed by atoms with E-state index in [9.17, 15) is 0 Å². The zero-order valence-corrected chi connectivity index (χ0v) is 27.6. The highest BCUT2D eigenvalue weighted by Crippen LogP contribution is 2.40. The highest BCUT2D eigenvalue weighted by molar-refractivity contribution is 7.25. The monoisotopic (exact) mass is 657 g/mol. The number of thiophene rings is 1. The third-order valence-electron chi connectivity index (χ3n) is 9.34. The predicted octanol–water partition coefficient (Wildman–Crippen LogP) is 12.5. The molecule has 10 rings (SSSR count). The summed E-state index contributed by atoms with van der Waals surface area (Å²) in [4.78, 5) is 14.8. The maximum atomic E-state index is 6.37. The van der Waals surface area contributed by atoms with Crippen molar-refractivity contribution in [1.82, 2.24) is 15.0 Å². The van der Waals surface area contributed by atoms with E-state index in [1.165, 1.54) is 31.3 Å². The van der Waals surface area contributed by atoms with Gasteiger partial charge in [0, 0.05) is 53.2 Å². The molecule has 0 spiro atoms. The SMILES string of the molecule is c1ccc(-c2nc(-c3ccccc3)nc(-c3ccc4c(c3)sc3ccc(-c5cccc(-c6cccc7c6oc6ccccc67)c5)cc34)n2)cc1. The van der Waals surface area contributed by atoms with E-state index >= 15 is 0 Å². The van der Waals surface area contributed by atoms with E-state index in [4.69, 9.17) is 19.4 Å². The first-order valence-electron chi connectivity index (χ1n) is 16.6. The molecule has 0 radical (unpaired) electrons. The fourth-order valence-corrected chi connectivity index (χ4v) is 8.00. The van der Waals surface area contributed by atoms with Crippen LogP contribution in [-0.4, -0.2) is 15.0 Å². The highest BCUT2D eigenvalue weighted by Gasteiger charge is 2.16. The van der Waals surface area contributed by atoms with Crippen molar-refractivity contribution in [1.29, 1.82) is 0 Å². The molecule has 50 heavy (non-hydrogen) atoms. The summed E-state index contributed by atoms with van der Waals surface area (Å²) in [5, 5.41) is 4.74. The molecular weight excluding hydrogens is 631 g/mol. The molecular formula is C45H27N3OS. The maximum Gasteiger partial charge on any atom is 0.164 e. The van der Waals surface area contributed by atoms with Gasteiger partial charge < -0.3 is 4.42 Å². The Morgan fingerprint density at radius 3 is 1.74 bits per heavy atom. The first-order valence-corrected chi connectivity index (χ1v) is 17.4. The highest BCUT2D eigenvalue weighted by atomic mass is 32.1. The maximum absolute atomic E-state index is 6.37. The number of benzene rings is 7. The zero-order valence-electron chi connectivity index (χ0n) is 26.7. The summed E-state index contributed by atoms with van der Waals surface area (Å²) in [5.41, 5.74) is 9.29. The van der Waals surface area contributed by atoms with Gasteiger partial charge in [-0.05, 0) is 47.0 Å². The Kier molecular flexibility index (Phi) is 6.64. The van der Waals surface area contributed by atoms with Crippen LogP contribution >= 0.6 is 11.3 Å². The lowest BCUT2D eigenvalue weighted by atomic mass is 9.97. The predicted molar refractivity (Wildman–Crippen MR) is 207 cm³/mol. The van der Waals surface area contributed by atoms with E-state index in [1.807, 2.05) is 72.8 Å². The minimum atomic E-state index is 0.661. The van der Waals surface area contributed by atoms with Gasteiger partial charge in [-0.25, -0.2) is 15.0 Å². The average molecular weight is 658 g/mol. The van der Waals surface area contributed by atoms with Crippen LogP contribution in [0.4, 0.5) is 0 Å². The number of rotatable bonds is 5.